The Balaban J connectivity index is 1.66. The molecule has 0 amide bonds. The highest BCUT2D eigenvalue weighted by atomic mass is 32.2. The van der Waals surface area contributed by atoms with Gasteiger partial charge in [-0.05, 0) is 27.0 Å². The van der Waals surface area contributed by atoms with Crippen LogP contribution in [0.15, 0.2) is 12.5 Å². The molecule has 1 aliphatic rings. The second-order valence-electron chi connectivity index (χ2n) is 7.11. The smallest absolute Gasteiger partial charge is 0.163 e. The highest BCUT2D eigenvalue weighted by molar-refractivity contribution is 7.98. The average molecular weight is 380 g/mol. The van der Waals surface area contributed by atoms with E-state index in [9.17, 15) is 0 Å². The van der Waals surface area contributed by atoms with Crippen molar-refractivity contribution in [2.24, 2.45) is 5.92 Å². The van der Waals surface area contributed by atoms with Gasteiger partial charge in [0.15, 0.2) is 11.6 Å². The molecule has 8 heteroatoms. The first-order valence-electron chi connectivity index (χ1n) is 9.04. The lowest BCUT2D eigenvalue weighted by atomic mass is 10.0. The van der Waals surface area contributed by atoms with Crippen LogP contribution in [0, 0.1) is 5.92 Å². The van der Waals surface area contributed by atoms with E-state index in [1.54, 1.807) is 0 Å². The van der Waals surface area contributed by atoms with Crippen molar-refractivity contribution < 1.29 is 9.47 Å². The zero-order valence-electron chi connectivity index (χ0n) is 16.0. The van der Waals surface area contributed by atoms with Crippen molar-refractivity contribution in [2.45, 2.75) is 45.8 Å². The van der Waals surface area contributed by atoms with E-state index in [2.05, 4.69) is 39.2 Å². The molecule has 144 valence electrons. The zero-order chi connectivity index (χ0) is 18.7. The maximum atomic E-state index is 6.11. The van der Waals surface area contributed by atoms with Crippen LogP contribution < -0.4 is 11.1 Å². The summed E-state index contributed by atoms with van der Waals surface area (Å²) in [5.74, 6) is 1.33. The summed E-state index contributed by atoms with van der Waals surface area (Å²) >= 11 is 1.81. The Hall–Kier alpha value is -1.35. The number of rotatable bonds is 7. The predicted octanol–water partition coefficient (Wildman–Crippen LogP) is 2.25. The van der Waals surface area contributed by atoms with E-state index in [0.717, 1.165) is 42.0 Å². The van der Waals surface area contributed by atoms with Gasteiger partial charge in [0.25, 0.3) is 0 Å². The molecule has 1 saturated heterocycles. The van der Waals surface area contributed by atoms with E-state index < -0.39 is 5.79 Å². The van der Waals surface area contributed by atoms with Crippen LogP contribution in [-0.2, 0) is 22.6 Å². The maximum Gasteiger partial charge on any atom is 0.163 e. The Labute approximate surface area is 159 Å². The normalized spacial score (nSPS) is 22.8. The highest BCUT2D eigenvalue weighted by Crippen LogP contribution is 2.28. The van der Waals surface area contributed by atoms with Crippen LogP contribution in [0.2, 0.25) is 0 Å². The molecule has 0 aliphatic carbocycles. The molecule has 1 aliphatic heterocycles. The van der Waals surface area contributed by atoms with Gasteiger partial charge in [-0.3, -0.25) is 0 Å². The summed E-state index contributed by atoms with van der Waals surface area (Å²) in [4.78, 5) is 8.55. The molecule has 0 bridgehead atoms. The first-order valence-corrected chi connectivity index (χ1v) is 10.4. The number of thioether (sulfide) groups is 1. The van der Waals surface area contributed by atoms with Crippen molar-refractivity contribution >= 4 is 28.6 Å². The van der Waals surface area contributed by atoms with Gasteiger partial charge in [-0.2, -0.15) is 11.8 Å². The van der Waals surface area contributed by atoms with E-state index in [1.165, 1.54) is 6.33 Å². The number of nitrogens with one attached hydrogen (secondary N) is 1. The third-order valence-corrected chi connectivity index (χ3v) is 5.42. The minimum atomic E-state index is -0.500. The summed E-state index contributed by atoms with van der Waals surface area (Å²) in [6, 6.07) is 0. The molecule has 0 radical (unpaired) electrons. The average Bonchev–Trinajstić information content (AvgIpc) is 2.96. The molecule has 3 heterocycles. The first kappa shape index (κ1) is 19.4. The summed E-state index contributed by atoms with van der Waals surface area (Å²) in [6.45, 7) is 9.16. The Morgan fingerprint density at radius 1 is 1.42 bits per heavy atom. The Kier molecular flexibility index (Phi) is 6.06. The summed E-state index contributed by atoms with van der Waals surface area (Å²) in [5, 5.41) is 3.55. The van der Waals surface area contributed by atoms with Crippen LogP contribution >= 0.6 is 11.8 Å². The molecular formula is C18H29N5O2S. The second kappa shape index (κ2) is 8.12. The number of aryl methyl sites for hydroxylation is 1. The number of nitrogens with two attached hydrogens (primary N) is 1. The van der Waals surface area contributed by atoms with Gasteiger partial charge in [-0.15, -0.1) is 0 Å². The lowest BCUT2D eigenvalue weighted by Gasteiger charge is -2.41. The molecule has 0 saturated carbocycles. The minimum Gasteiger partial charge on any atom is -0.382 e. The van der Waals surface area contributed by atoms with Crippen molar-refractivity contribution in [2.75, 3.05) is 30.9 Å². The van der Waals surface area contributed by atoms with Crippen LogP contribution in [0.5, 0.6) is 0 Å². The van der Waals surface area contributed by atoms with Crippen molar-refractivity contribution in [1.82, 2.24) is 19.9 Å². The van der Waals surface area contributed by atoms with Crippen molar-refractivity contribution in [3.8, 4) is 0 Å². The Morgan fingerprint density at radius 3 is 2.96 bits per heavy atom. The molecule has 1 fully saturated rings. The molecule has 26 heavy (non-hydrogen) atoms. The number of hydrogen-bond donors (Lipinski definition) is 2. The summed E-state index contributed by atoms with van der Waals surface area (Å²) in [5.41, 5.74) is 9.01. The molecule has 0 aromatic carbocycles. The lowest BCUT2D eigenvalue weighted by molar-refractivity contribution is -0.286. The third kappa shape index (κ3) is 4.14. The Morgan fingerprint density at radius 2 is 2.23 bits per heavy atom. The second-order valence-corrected chi connectivity index (χ2v) is 8.02. The quantitative estimate of drug-likeness (QED) is 0.763. The Bertz CT molecular complexity index is 749. The number of aromatic nitrogens is 3. The topological polar surface area (TPSA) is 87.2 Å². The van der Waals surface area contributed by atoms with Crippen LogP contribution in [0.4, 0.5) is 5.82 Å². The van der Waals surface area contributed by atoms with Gasteiger partial charge in [0.05, 0.1) is 18.2 Å². The fraction of sp³-hybridized carbons (Fsp3) is 0.667. The molecule has 1 unspecified atom stereocenters. The predicted molar refractivity (Wildman–Crippen MR) is 106 cm³/mol. The lowest BCUT2D eigenvalue weighted by Crippen LogP contribution is -2.49. The van der Waals surface area contributed by atoms with Gasteiger partial charge in [-0.1, -0.05) is 0 Å². The summed E-state index contributed by atoms with van der Waals surface area (Å²) in [7, 11) is 0. The van der Waals surface area contributed by atoms with Crippen molar-refractivity contribution in [1.29, 1.82) is 0 Å². The van der Waals surface area contributed by atoms with Gasteiger partial charge in [0.2, 0.25) is 0 Å². The van der Waals surface area contributed by atoms with Crippen LogP contribution in [-0.4, -0.2) is 51.6 Å². The molecule has 0 spiro atoms. The van der Waals surface area contributed by atoms with Gasteiger partial charge >= 0.3 is 0 Å². The number of ether oxygens (including phenoxy) is 2. The number of fused-ring (bicyclic) bond motifs is 1. The fourth-order valence-electron chi connectivity index (χ4n) is 3.43. The summed E-state index contributed by atoms with van der Waals surface area (Å²) in [6.07, 6.45) is 5.94. The van der Waals surface area contributed by atoms with Gasteiger partial charge in [-0.25, -0.2) is 9.97 Å². The zero-order valence-corrected chi connectivity index (χ0v) is 16.8. The fourth-order valence-corrected chi connectivity index (χ4v) is 4.10. The molecule has 7 nitrogen and oxygen atoms in total. The standard InChI is InChI=1S/C18H29N5O2S/c1-5-23-8-12(15-16(23)17(19)22-11-21-15)6-20-7-13-9-24-18(2,3)25-14(13)10-26-4/h8,11,13-14,20H,5-7,9-10H2,1-4H3,(H2,19,21,22)/t13?,14-/m0/s1. The number of anilines is 1. The molecule has 2 aromatic rings. The van der Waals surface area contributed by atoms with E-state index in [4.69, 9.17) is 15.2 Å². The van der Waals surface area contributed by atoms with Crippen LogP contribution in [0.1, 0.15) is 26.3 Å². The maximum absolute atomic E-state index is 6.11. The number of nitrogen functional groups attached to an aromatic ring is 1. The van der Waals surface area contributed by atoms with Gasteiger partial charge in [0, 0.05) is 43.1 Å². The van der Waals surface area contributed by atoms with Crippen molar-refractivity contribution in [3.63, 3.8) is 0 Å². The van der Waals surface area contributed by atoms with Crippen molar-refractivity contribution in [3.05, 3.63) is 18.1 Å². The van der Waals surface area contributed by atoms with Crippen LogP contribution in [0.25, 0.3) is 11.0 Å². The molecule has 2 atom stereocenters. The molecule has 2 aromatic heterocycles. The number of nitrogens with zero attached hydrogens (tertiary/aromatic N) is 3. The SMILES string of the molecule is CCn1cc(CNCC2COC(C)(C)O[C@H]2CSC)c2ncnc(N)c21. The van der Waals surface area contributed by atoms with Gasteiger partial charge in [0.1, 0.15) is 11.8 Å². The highest BCUT2D eigenvalue weighted by Gasteiger charge is 2.35. The van der Waals surface area contributed by atoms with Crippen LogP contribution in [0.3, 0.4) is 0 Å². The van der Waals surface area contributed by atoms with E-state index in [1.807, 2.05) is 25.6 Å². The first-order chi connectivity index (χ1) is 12.4. The number of hydrogen-bond acceptors (Lipinski definition) is 7. The van der Waals surface area contributed by atoms with E-state index in [0.29, 0.717) is 18.3 Å². The van der Waals surface area contributed by atoms with Gasteiger partial charge < -0.3 is 25.1 Å². The molecular weight excluding hydrogens is 350 g/mol. The largest absolute Gasteiger partial charge is 0.382 e. The molecule has 3 rings (SSSR count). The van der Waals surface area contributed by atoms with E-state index in [-0.39, 0.29) is 6.10 Å². The minimum absolute atomic E-state index is 0.191. The monoisotopic (exact) mass is 379 g/mol. The van der Waals surface area contributed by atoms with E-state index >= 15 is 0 Å². The molecule has 3 N–H and O–H groups in total. The summed E-state index contributed by atoms with van der Waals surface area (Å²) < 4.78 is 14.1. The third-order valence-electron chi connectivity index (χ3n) is 4.75.